The monoisotopic (exact) mass is 369 g/mol. The molecule has 0 unspecified atom stereocenters. The Kier molecular flexibility index (Phi) is 3.38. The molecular weight excluding hydrogens is 356 g/mol. The lowest BCUT2D eigenvalue weighted by atomic mass is 10.1. The molecule has 3 nitrogen and oxygen atoms in total. The van der Waals surface area contributed by atoms with E-state index in [1.807, 2.05) is 0 Å². The zero-order valence-electron chi connectivity index (χ0n) is 10.2. The molecule has 1 aliphatic carbocycles. The summed E-state index contributed by atoms with van der Waals surface area (Å²) >= 11 is 2.21. The van der Waals surface area contributed by atoms with E-state index >= 15 is 0 Å². The van der Waals surface area contributed by atoms with Gasteiger partial charge >= 0.3 is 0 Å². The molecule has 2 N–H and O–H groups in total. The normalized spacial score (nSPS) is 14.6. The highest BCUT2D eigenvalue weighted by atomic mass is 127. The maximum absolute atomic E-state index is 12.9. The average molecular weight is 369 g/mol. The molecule has 3 rings (SSSR count). The van der Waals surface area contributed by atoms with Crippen LogP contribution in [0.4, 0.5) is 10.2 Å². The number of hydrogen-bond acceptors (Lipinski definition) is 3. The fraction of sp³-hybridized carbons (Fsp3) is 0.286. The Balaban J connectivity index is 1.90. The first-order chi connectivity index (χ1) is 9.13. The van der Waals surface area contributed by atoms with Crippen LogP contribution in [0, 0.1) is 9.39 Å². The fourth-order valence-corrected chi connectivity index (χ4v) is 2.71. The van der Waals surface area contributed by atoms with Crippen molar-refractivity contribution >= 4 is 28.4 Å². The van der Waals surface area contributed by atoms with Crippen molar-refractivity contribution in [3.63, 3.8) is 0 Å². The van der Waals surface area contributed by atoms with E-state index in [9.17, 15) is 4.39 Å². The number of nitrogens with two attached hydrogens (primary N) is 1. The first-order valence-electron chi connectivity index (χ1n) is 6.19. The Morgan fingerprint density at radius 1 is 1.21 bits per heavy atom. The molecular formula is C14H13FIN3. The lowest BCUT2D eigenvalue weighted by Crippen LogP contribution is -2.07. The second-order valence-electron chi connectivity index (χ2n) is 4.80. The van der Waals surface area contributed by atoms with Gasteiger partial charge in [-0.05, 0) is 53.1 Å². The lowest BCUT2D eigenvalue weighted by molar-refractivity contribution is 0.627. The van der Waals surface area contributed by atoms with Gasteiger partial charge in [0.15, 0.2) is 0 Å². The van der Waals surface area contributed by atoms with Crippen molar-refractivity contribution in [3.8, 4) is 0 Å². The summed E-state index contributed by atoms with van der Waals surface area (Å²) in [7, 11) is 0. The highest BCUT2D eigenvalue weighted by Crippen LogP contribution is 2.41. The molecule has 2 aromatic rings. The van der Waals surface area contributed by atoms with E-state index in [0.717, 1.165) is 14.8 Å². The van der Waals surface area contributed by atoms with E-state index in [4.69, 9.17) is 5.73 Å². The Bertz CT molecular complexity index is 609. The number of nitrogen functional groups attached to an aromatic ring is 1. The minimum absolute atomic E-state index is 0.231. The predicted octanol–water partition coefficient (Wildman–Crippen LogP) is 3.27. The summed E-state index contributed by atoms with van der Waals surface area (Å²) < 4.78 is 13.8. The summed E-state index contributed by atoms with van der Waals surface area (Å²) in [5, 5.41) is 0. The highest BCUT2D eigenvalue weighted by Gasteiger charge is 2.28. The first kappa shape index (κ1) is 12.8. The molecule has 1 saturated carbocycles. The standard InChI is InChI=1S/C14H13FIN3/c15-10-5-1-8(2-6-10)7-11-18-13(9-3-4-9)12(16)14(17)19-11/h1-2,5-6,9H,3-4,7H2,(H2,17,18,19). The Morgan fingerprint density at radius 2 is 1.89 bits per heavy atom. The van der Waals surface area contributed by atoms with E-state index in [0.29, 0.717) is 24.0 Å². The van der Waals surface area contributed by atoms with Crippen molar-refractivity contribution in [1.82, 2.24) is 9.97 Å². The van der Waals surface area contributed by atoms with Crippen molar-refractivity contribution in [2.24, 2.45) is 0 Å². The molecule has 5 heteroatoms. The maximum Gasteiger partial charge on any atom is 0.140 e. The van der Waals surface area contributed by atoms with Gasteiger partial charge in [0.2, 0.25) is 0 Å². The summed E-state index contributed by atoms with van der Waals surface area (Å²) in [6, 6.07) is 6.41. The van der Waals surface area contributed by atoms with Crippen LogP contribution in [-0.4, -0.2) is 9.97 Å². The molecule has 1 aromatic heterocycles. The van der Waals surface area contributed by atoms with Crippen LogP contribution in [0.3, 0.4) is 0 Å². The van der Waals surface area contributed by atoms with Gasteiger partial charge in [-0.2, -0.15) is 0 Å². The van der Waals surface area contributed by atoms with Gasteiger partial charge in [0.1, 0.15) is 17.5 Å². The molecule has 0 aliphatic heterocycles. The average Bonchev–Trinajstić information content (AvgIpc) is 3.21. The van der Waals surface area contributed by atoms with Crippen LogP contribution in [0.5, 0.6) is 0 Å². The van der Waals surface area contributed by atoms with Crippen LogP contribution in [0.2, 0.25) is 0 Å². The summed E-state index contributed by atoms with van der Waals surface area (Å²) in [6.07, 6.45) is 2.95. The van der Waals surface area contributed by atoms with Crippen LogP contribution in [0.15, 0.2) is 24.3 Å². The zero-order chi connectivity index (χ0) is 13.4. The molecule has 1 aromatic carbocycles. The number of benzene rings is 1. The molecule has 0 spiro atoms. The molecule has 0 amide bonds. The molecule has 1 aliphatic rings. The molecule has 0 radical (unpaired) electrons. The van der Waals surface area contributed by atoms with Gasteiger partial charge in [-0.3, -0.25) is 0 Å². The minimum Gasteiger partial charge on any atom is -0.383 e. The van der Waals surface area contributed by atoms with Gasteiger partial charge in [-0.1, -0.05) is 12.1 Å². The van der Waals surface area contributed by atoms with E-state index in [1.165, 1.54) is 25.0 Å². The van der Waals surface area contributed by atoms with Crippen molar-refractivity contribution in [2.45, 2.75) is 25.2 Å². The van der Waals surface area contributed by atoms with Crippen molar-refractivity contribution in [1.29, 1.82) is 0 Å². The van der Waals surface area contributed by atoms with Crippen LogP contribution >= 0.6 is 22.6 Å². The van der Waals surface area contributed by atoms with E-state index < -0.39 is 0 Å². The third-order valence-corrected chi connectivity index (χ3v) is 4.29. The summed E-state index contributed by atoms with van der Waals surface area (Å²) in [5.41, 5.74) is 8.01. The van der Waals surface area contributed by atoms with Crippen molar-refractivity contribution in [3.05, 3.63) is 50.7 Å². The van der Waals surface area contributed by atoms with Gasteiger partial charge < -0.3 is 5.73 Å². The quantitative estimate of drug-likeness (QED) is 0.845. The van der Waals surface area contributed by atoms with Crippen molar-refractivity contribution in [2.75, 3.05) is 5.73 Å². The SMILES string of the molecule is Nc1nc(Cc2ccc(F)cc2)nc(C2CC2)c1I. The van der Waals surface area contributed by atoms with Gasteiger partial charge in [0.25, 0.3) is 0 Å². The number of hydrogen-bond donors (Lipinski definition) is 1. The summed E-state index contributed by atoms with van der Waals surface area (Å²) in [6.45, 7) is 0. The van der Waals surface area contributed by atoms with E-state index in [-0.39, 0.29) is 5.82 Å². The molecule has 1 heterocycles. The molecule has 98 valence electrons. The molecule has 0 atom stereocenters. The smallest absolute Gasteiger partial charge is 0.140 e. The molecule has 0 bridgehead atoms. The summed E-state index contributed by atoms with van der Waals surface area (Å²) in [4.78, 5) is 8.95. The summed E-state index contributed by atoms with van der Waals surface area (Å²) in [5.74, 6) is 1.58. The second kappa shape index (κ2) is 5.03. The third kappa shape index (κ3) is 2.86. The Morgan fingerprint density at radius 3 is 2.53 bits per heavy atom. The molecule has 19 heavy (non-hydrogen) atoms. The van der Waals surface area contributed by atoms with Gasteiger partial charge in [0.05, 0.1) is 9.26 Å². The largest absolute Gasteiger partial charge is 0.383 e. The Labute approximate surface area is 124 Å². The highest BCUT2D eigenvalue weighted by molar-refractivity contribution is 14.1. The zero-order valence-corrected chi connectivity index (χ0v) is 12.4. The van der Waals surface area contributed by atoms with Crippen LogP contribution < -0.4 is 5.73 Å². The first-order valence-corrected chi connectivity index (χ1v) is 7.27. The number of nitrogens with zero attached hydrogens (tertiary/aromatic N) is 2. The van der Waals surface area contributed by atoms with Crippen LogP contribution in [0.25, 0.3) is 0 Å². The van der Waals surface area contributed by atoms with Crippen LogP contribution in [0.1, 0.15) is 35.8 Å². The molecule has 0 saturated heterocycles. The number of halogens is 2. The molecule has 1 fully saturated rings. The van der Waals surface area contributed by atoms with Gasteiger partial charge in [-0.25, -0.2) is 14.4 Å². The van der Waals surface area contributed by atoms with Gasteiger partial charge in [-0.15, -0.1) is 0 Å². The predicted molar refractivity (Wildman–Crippen MR) is 80.3 cm³/mol. The third-order valence-electron chi connectivity index (χ3n) is 3.19. The van der Waals surface area contributed by atoms with Crippen molar-refractivity contribution < 1.29 is 4.39 Å². The number of anilines is 1. The Hall–Kier alpha value is -1.24. The van der Waals surface area contributed by atoms with Crippen LogP contribution in [-0.2, 0) is 6.42 Å². The topological polar surface area (TPSA) is 51.8 Å². The van der Waals surface area contributed by atoms with E-state index in [1.54, 1.807) is 12.1 Å². The number of rotatable bonds is 3. The second-order valence-corrected chi connectivity index (χ2v) is 5.88. The maximum atomic E-state index is 12.9. The minimum atomic E-state index is -0.231. The van der Waals surface area contributed by atoms with Gasteiger partial charge in [0, 0.05) is 12.3 Å². The van der Waals surface area contributed by atoms with E-state index in [2.05, 4.69) is 32.6 Å². The fourth-order valence-electron chi connectivity index (χ4n) is 2.02. The number of aromatic nitrogens is 2. The lowest BCUT2D eigenvalue weighted by Gasteiger charge is -2.08.